The lowest BCUT2D eigenvalue weighted by molar-refractivity contribution is -0.142. The highest BCUT2D eigenvalue weighted by molar-refractivity contribution is 7.89. The summed E-state index contributed by atoms with van der Waals surface area (Å²) >= 11 is 0. The third-order valence-corrected chi connectivity index (χ3v) is 6.40. The molecule has 0 atom stereocenters. The van der Waals surface area contributed by atoms with E-state index in [1.165, 1.54) is 16.4 Å². The maximum absolute atomic E-state index is 12.7. The minimum atomic E-state index is -3.62. The van der Waals surface area contributed by atoms with Gasteiger partial charge in [-0.25, -0.2) is 8.42 Å². The number of piperidine rings is 1. The monoisotopic (exact) mass is 375 g/mol. The molecule has 0 aliphatic carbocycles. The van der Waals surface area contributed by atoms with Crippen LogP contribution in [0.4, 0.5) is 0 Å². The Hall–Kier alpha value is -2.38. The Kier molecular flexibility index (Phi) is 5.29. The number of rotatable bonds is 5. The molecular weight excluding hydrogens is 354 g/mol. The van der Waals surface area contributed by atoms with Gasteiger partial charge in [-0.1, -0.05) is 12.1 Å². The van der Waals surface area contributed by atoms with E-state index in [4.69, 9.17) is 9.84 Å². The molecule has 0 unspecified atom stereocenters. The van der Waals surface area contributed by atoms with E-state index in [9.17, 15) is 13.2 Å². The highest BCUT2D eigenvalue weighted by Crippen LogP contribution is 2.27. The number of nitrogens with zero attached hydrogens (tertiary/aromatic N) is 1. The first-order chi connectivity index (χ1) is 12.4. The van der Waals surface area contributed by atoms with Crippen LogP contribution in [-0.2, 0) is 14.8 Å². The first-order valence-electron chi connectivity index (χ1n) is 8.44. The van der Waals surface area contributed by atoms with Crippen LogP contribution < -0.4 is 4.74 Å². The zero-order chi connectivity index (χ0) is 18.7. The Morgan fingerprint density at radius 1 is 1.08 bits per heavy atom. The van der Waals surface area contributed by atoms with Crippen LogP contribution in [0, 0.1) is 12.8 Å². The van der Waals surface area contributed by atoms with Crippen LogP contribution in [0.3, 0.4) is 0 Å². The summed E-state index contributed by atoms with van der Waals surface area (Å²) in [5.41, 5.74) is 1.08. The summed E-state index contributed by atoms with van der Waals surface area (Å²) < 4.78 is 32.5. The van der Waals surface area contributed by atoms with E-state index < -0.39 is 21.9 Å². The smallest absolute Gasteiger partial charge is 0.306 e. The lowest BCUT2D eigenvalue weighted by Crippen LogP contribution is -2.40. The number of aryl methyl sites for hydroxylation is 1. The van der Waals surface area contributed by atoms with Gasteiger partial charge in [0.1, 0.15) is 11.5 Å². The lowest BCUT2D eigenvalue weighted by atomic mass is 9.99. The Morgan fingerprint density at radius 2 is 1.73 bits per heavy atom. The van der Waals surface area contributed by atoms with Gasteiger partial charge in [0.2, 0.25) is 10.0 Å². The van der Waals surface area contributed by atoms with Gasteiger partial charge in [-0.2, -0.15) is 4.31 Å². The van der Waals surface area contributed by atoms with E-state index in [1.807, 2.05) is 31.2 Å². The normalized spacial score (nSPS) is 16.3. The summed E-state index contributed by atoms with van der Waals surface area (Å²) in [6.45, 7) is 2.41. The molecule has 1 fully saturated rings. The molecule has 2 aromatic rings. The third kappa shape index (κ3) is 4.05. The number of carbonyl (C=O) groups is 1. The van der Waals surface area contributed by atoms with Crippen molar-refractivity contribution in [3.05, 3.63) is 54.1 Å². The molecule has 0 radical (unpaired) electrons. The maximum atomic E-state index is 12.7. The molecule has 1 aliphatic rings. The van der Waals surface area contributed by atoms with E-state index in [0.29, 0.717) is 24.3 Å². The first-order valence-corrected chi connectivity index (χ1v) is 9.88. The van der Waals surface area contributed by atoms with Crippen molar-refractivity contribution in [2.75, 3.05) is 13.1 Å². The predicted molar refractivity (Wildman–Crippen MR) is 96.8 cm³/mol. The van der Waals surface area contributed by atoms with Crippen molar-refractivity contribution in [1.29, 1.82) is 0 Å². The van der Waals surface area contributed by atoms with Crippen molar-refractivity contribution in [3.63, 3.8) is 0 Å². The molecule has 1 aliphatic heterocycles. The summed E-state index contributed by atoms with van der Waals surface area (Å²) in [6, 6.07) is 13.9. The number of carboxylic acid groups (broad SMARTS) is 1. The van der Waals surface area contributed by atoms with Gasteiger partial charge in [0.25, 0.3) is 0 Å². The summed E-state index contributed by atoms with van der Waals surface area (Å²) in [5, 5.41) is 9.03. The molecule has 0 amide bonds. The number of benzene rings is 2. The van der Waals surface area contributed by atoms with Crippen LogP contribution in [-0.4, -0.2) is 36.9 Å². The van der Waals surface area contributed by atoms with Gasteiger partial charge in [-0.05, 0) is 61.7 Å². The molecular formula is C19H21NO5S. The second-order valence-electron chi connectivity index (χ2n) is 6.41. The van der Waals surface area contributed by atoms with Gasteiger partial charge in [0, 0.05) is 13.1 Å². The number of hydrogen-bond donors (Lipinski definition) is 1. The van der Waals surface area contributed by atoms with Gasteiger partial charge < -0.3 is 9.84 Å². The van der Waals surface area contributed by atoms with Crippen molar-refractivity contribution >= 4 is 16.0 Å². The van der Waals surface area contributed by atoms with E-state index in [-0.39, 0.29) is 18.0 Å². The molecule has 1 heterocycles. The molecule has 0 spiro atoms. The van der Waals surface area contributed by atoms with Gasteiger partial charge in [0.15, 0.2) is 0 Å². The minimum Gasteiger partial charge on any atom is -0.481 e. The van der Waals surface area contributed by atoms with E-state index in [1.54, 1.807) is 12.1 Å². The van der Waals surface area contributed by atoms with Gasteiger partial charge in [-0.15, -0.1) is 0 Å². The van der Waals surface area contributed by atoms with Crippen molar-refractivity contribution in [3.8, 4) is 11.5 Å². The standard InChI is InChI=1S/C19H21NO5S/c1-14-3-2-4-17(13-14)25-16-5-7-18(8-6-16)26(23,24)20-11-9-15(10-12-20)19(21)22/h2-8,13,15H,9-12H2,1H3,(H,21,22). The predicted octanol–water partition coefficient (Wildman–Crippen LogP) is 3.27. The second kappa shape index (κ2) is 7.47. The van der Waals surface area contributed by atoms with E-state index in [0.717, 1.165) is 5.56 Å². The third-order valence-electron chi connectivity index (χ3n) is 4.49. The number of sulfonamides is 1. The second-order valence-corrected chi connectivity index (χ2v) is 8.34. The topological polar surface area (TPSA) is 83.9 Å². The van der Waals surface area contributed by atoms with Crippen LogP contribution in [0.2, 0.25) is 0 Å². The Bertz CT molecular complexity index is 884. The molecule has 138 valence electrons. The zero-order valence-corrected chi connectivity index (χ0v) is 15.3. The molecule has 2 aromatic carbocycles. The molecule has 1 N–H and O–H groups in total. The van der Waals surface area contributed by atoms with Crippen molar-refractivity contribution in [2.45, 2.75) is 24.7 Å². The minimum absolute atomic E-state index is 0.183. The zero-order valence-electron chi connectivity index (χ0n) is 14.5. The molecule has 0 bridgehead atoms. The summed E-state index contributed by atoms with van der Waals surface area (Å²) in [4.78, 5) is 11.2. The average molecular weight is 375 g/mol. The fraction of sp³-hybridized carbons (Fsp3) is 0.316. The van der Waals surface area contributed by atoms with Crippen LogP contribution in [0.25, 0.3) is 0 Å². The van der Waals surface area contributed by atoms with Gasteiger partial charge >= 0.3 is 5.97 Å². The highest BCUT2D eigenvalue weighted by atomic mass is 32.2. The van der Waals surface area contributed by atoms with E-state index in [2.05, 4.69) is 0 Å². The largest absolute Gasteiger partial charge is 0.481 e. The van der Waals surface area contributed by atoms with Crippen molar-refractivity contribution in [1.82, 2.24) is 4.31 Å². The molecule has 0 saturated carbocycles. The molecule has 6 nitrogen and oxygen atoms in total. The number of carboxylic acids is 1. The SMILES string of the molecule is Cc1cccc(Oc2ccc(S(=O)(=O)N3CCC(C(=O)O)CC3)cc2)c1. The van der Waals surface area contributed by atoms with Crippen LogP contribution in [0.1, 0.15) is 18.4 Å². The molecule has 1 saturated heterocycles. The number of hydrogen-bond acceptors (Lipinski definition) is 4. The van der Waals surface area contributed by atoms with Crippen LogP contribution in [0.5, 0.6) is 11.5 Å². The van der Waals surface area contributed by atoms with Crippen LogP contribution in [0.15, 0.2) is 53.4 Å². The number of ether oxygens (including phenoxy) is 1. The summed E-state index contributed by atoms with van der Waals surface area (Å²) in [6.07, 6.45) is 0.673. The van der Waals surface area contributed by atoms with Gasteiger partial charge in [0.05, 0.1) is 10.8 Å². The molecule has 26 heavy (non-hydrogen) atoms. The van der Waals surface area contributed by atoms with Crippen LogP contribution >= 0.6 is 0 Å². The summed E-state index contributed by atoms with van der Waals surface area (Å²) in [5.74, 6) is -0.0817. The highest BCUT2D eigenvalue weighted by Gasteiger charge is 2.31. The number of aliphatic carboxylic acids is 1. The quantitative estimate of drug-likeness (QED) is 0.867. The van der Waals surface area contributed by atoms with Gasteiger partial charge in [-0.3, -0.25) is 4.79 Å². The van der Waals surface area contributed by atoms with Crippen molar-refractivity contribution in [2.24, 2.45) is 5.92 Å². The fourth-order valence-corrected chi connectivity index (χ4v) is 4.46. The summed E-state index contributed by atoms with van der Waals surface area (Å²) in [7, 11) is -3.62. The molecule has 0 aromatic heterocycles. The lowest BCUT2D eigenvalue weighted by Gasteiger charge is -2.29. The Labute approximate surface area is 153 Å². The first kappa shape index (κ1) is 18.4. The Morgan fingerprint density at radius 3 is 2.31 bits per heavy atom. The molecule has 3 rings (SSSR count). The van der Waals surface area contributed by atoms with Crippen molar-refractivity contribution < 1.29 is 23.1 Å². The van der Waals surface area contributed by atoms with E-state index >= 15 is 0 Å². The molecule has 7 heteroatoms. The average Bonchev–Trinajstić information content (AvgIpc) is 2.62. The fourth-order valence-electron chi connectivity index (χ4n) is 2.99. The Balaban J connectivity index is 1.70. The maximum Gasteiger partial charge on any atom is 0.306 e.